The second-order valence-electron chi connectivity index (χ2n) is 9.49. The molecule has 35 heavy (non-hydrogen) atoms. The van der Waals surface area contributed by atoms with Crippen molar-refractivity contribution < 1.29 is 14.4 Å². The van der Waals surface area contributed by atoms with Gasteiger partial charge < -0.3 is 15.1 Å². The van der Waals surface area contributed by atoms with Crippen LogP contribution < -0.4 is 5.32 Å². The minimum Gasteiger partial charge on any atom is -0.337 e. The molecule has 0 aliphatic carbocycles. The van der Waals surface area contributed by atoms with E-state index in [1.54, 1.807) is 39.4 Å². The number of likely N-dealkylation sites (N-methyl/N-ethyl adjacent to an activating group) is 1. The number of thiophene rings is 1. The maximum atomic E-state index is 13.5. The fourth-order valence-corrected chi connectivity index (χ4v) is 5.23. The van der Waals surface area contributed by atoms with Crippen LogP contribution in [-0.4, -0.2) is 83.1 Å². The quantitative estimate of drug-likeness (QED) is 0.529. The van der Waals surface area contributed by atoms with E-state index in [0.29, 0.717) is 26.1 Å². The van der Waals surface area contributed by atoms with E-state index in [1.807, 2.05) is 55.3 Å². The molecule has 190 valence electrons. The molecule has 0 saturated carbocycles. The highest BCUT2D eigenvalue weighted by Gasteiger charge is 2.50. The number of hydrogen-bond acceptors (Lipinski definition) is 5. The predicted molar refractivity (Wildman–Crippen MR) is 139 cm³/mol. The maximum Gasteiger partial charge on any atom is 0.334 e. The van der Waals surface area contributed by atoms with Crippen LogP contribution in [0, 0.1) is 5.92 Å². The standard InChI is InChI=1S/C26H37N5O3S/c1-6-7-8-10-20(4)16-27-26(34)31-23-17-29(13-12-21-11-9-14-35-21)25(33)22(15-19(2)3)30(23)24(32)18-28(31)5/h6-11,14,19,22-23H,1,12-13,15-18H2,2-5H3,(H,27,34)/b8-7-,20-10+/t22-,23?/m0/s1. The monoisotopic (exact) mass is 499 g/mol. The number of nitrogens with zero attached hydrogens (tertiary/aromatic N) is 4. The Hall–Kier alpha value is -2.91. The van der Waals surface area contributed by atoms with Crippen LogP contribution in [0.1, 0.15) is 32.1 Å². The lowest BCUT2D eigenvalue weighted by molar-refractivity contribution is -0.187. The molecular weight excluding hydrogens is 462 g/mol. The molecule has 1 aromatic heterocycles. The van der Waals surface area contributed by atoms with Crippen LogP contribution >= 0.6 is 11.3 Å². The van der Waals surface area contributed by atoms with Gasteiger partial charge in [-0.05, 0) is 37.1 Å². The Morgan fingerprint density at radius 3 is 2.74 bits per heavy atom. The van der Waals surface area contributed by atoms with Gasteiger partial charge in [-0.3, -0.25) is 9.59 Å². The maximum absolute atomic E-state index is 13.5. The summed E-state index contributed by atoms with van der Waals surface area (Å²) in [6, 6.07) is 3.21. The summed E-state index contributed by atoms with van der Waals surface area (Å²) in [4.78, 5) is 44.7. The van der Waals surface area contributed by atoms with Gasteiger partial charge in [0.1, 0.15) is 12.2 Å². The van der Waals surface area contributed by atoms with Crippen LogP contribution in [-0.2, 0) is 16.0 Å². The van der Waals surface area contributed by atoms with Crippen LogP contribution in [0.25, 0.3) is 0 Å². The van der Waals surface area contributed by atoms with Gasteiger partial charge in [0.15, 0.2) is 0 Å². The highest BCUT2D eigenvalue weighted by Crippen LogP contribution is 2.29. The van der Waals surface area contributed by atoms with Crippen LogP contribution in [0.2, 0.25) is 0 Å². The summed E-state index contributed by atoms with van der Waals surface area (Å²) in [5, 5.41) is 8.27. The fraction of sp³-hybridized carbons (Fsp3) is 0.500. The van der Waals surface area contributed by atoms with E-state index in [9.17, 15) is 14.4 Å². The Balaban J connectivity index is 1.82. The number of nitrogens with one attached hydrogen (secondary N) is 1. The lowest BCUT2D eigenvalue weighted by atomic mass is 9.97. The molecule has 0 spiro atoms. The van der Waals surface area contributed by atoms with Gasteiger partial charge in [-0.2, -0.15) is 0 Å². The Kier molecular flexibility index (Phi) is 9.28. The van der Waals surface area contributed by atoms with Gasteiger partial charge in [-0.1, -0.05) is 56.4 Å². The third-order valence-corrected chi connectivity index (χ3v) is 7.13. The van der Waals surface area contributed by atoms with Gasteiger partial charge in [-0.15, -0.1) is 11.3 Å². The Bertz CT molecular complexity index is 972. The average Bonchev–Trinajstić information content (AvgIpc) is 3.32. The number of rotatable bonds is 9. The summed E-state index contributed by atoms with van der Waals surface area (Å²) >= 11 is 1.67. The number of amides is 4. The molecule has 2 aliphatic heterocycles. The predicted octanol–water partition coefficient (Wildman–Crippen LogP) is 3.26. The number of hydrazine groups is 1. The highest BCUT2D eigenvalue weighted by atomic mass is 32.1. The number of urea groups is 1. The van der Waals surface area contributed by atoms with E-state index in [0.717, 1.165) is 12.0 Å². The van der Waals surface area contributed by atoms with Crippen molar-refractivity contribution in [3.8, 4) is 0 Å². The van der Waals surface area contributed by atoms with Crippen LogP contribution in [0.4, 0.5) is 4.79 Å². The first-order chi connectivity index (χ1) is 16.7. The number of piperazine rings is 1. The number of allylic oxidation sites excluding steroid dienone is 4. The molecule has 8 nitrogen and oxygen atoms in total. The molecule has 2 saturated heterocycles. The summed E-state index contributed by atoms with van der Waals surface area (Å²) in [7, 11) is 1.74. The largest absolute Gasteiger partial charge is 0.337 e. The lowest BCUT2D eigenvalue weighted by Crippen LogP contribution is -2.76. The van der Waals surface area contributed by atoms with Gasteiger partial charge in [0, 0.05) is 25.0 Å². The smallest absolute Gasteiger partial charge is 0.334 e. The van der Waals surface area contributed by atoms with E-state index in [2.05, 4.69) is 18.0 Å². The second-order valence-corrected chi connectivity index (χ2v) is 10.5. The van der Waals surface area contributed by atoms with Crippen molar-refractivity contribution in [3.05, 3.63) is 58.8 Å². The molecule has 1 unspecified atom stereocenters. The Morgan fingerprint density at radius 1 is 1.31 bits per heavy atom. The lowest BCUT2D eigenvalue weighted by Gasteiger charge is -2.54. The first kappa shape index (κ1) is 26.7. The molecular formula is C26H37N5O3S. The summed E-state index contributed by atoms with van der Waals surface area (Å²) < 4.78 is 0. The van der Waals surface area contributed by atoms with E-state index >= 15 is 0 Å². The molecule has 1 aromatic rings. The summed E-state index contributed by atoms with van der Waals surface area (Å²) in [6.45, 7) is 11.0. The zero-order chi connectivity index (χ0) is 25.5. The zero-order valence-electron chi connectivity index (χ0n) is 21.1. The van der Waals surface area contributed by atoms with Gasteiger partial charge >= 0.3 is 6.03 Å². The molecule has 3 rings (SSSR count). The summed E-state index contributed by atoms with van der Waals surface area (Å²) in [6.07, 6.45) is 8.08. The van der Waals surface area contributed by atoms with Crippen LogP contribution in [0.3, 0.4) is 0 Å². The van der Waals surface area contributed by atoms with Gasteiger partial charge in [-0.25, -0.2) is 14.8 Å². The normalized spacial score (nSPS) is 21.7. The molecule has 4 amide bonds. The molecule has 3 heterocycles. The minimum absolute atomic E-state index is 0.0300. The van der Waals surface area contributed by atoms with Crippen LogP contribution in [0.15, 0.2) is 54.0 Å². The molecule has 2 aliphatic rings. The first-order valence-electron chi connectivity index (χ1n) is 12.1. The molecule has 0 bridgehead atoms. The van der Waals surface area contributed by atoms with Gasteiger partial charge in [0.25, 0.3) is 0 Å². The Morgan fingerprint density at radius 2 is 2.09 bits per heavy atom. The van der Waals surface area contributed by atoms with Crippen molar-refractivity contribution in [2.45, 2.75) is 45.8 Å². The van der Waals surface area contributed by atoms with E-state index in [-0.39, 0.29) is 30.3 Å². The second kappa shape index (κ2) is 12.2. The average molecular weight is 500 g/mol. The van der Waals surface area contributed by atoms with E-state index in [4.69, 9.17) is 0 Å². The van der Waals surface area contributed by atoms with Crippen molar-refractivity contribution in [1.82, 2.24) is 25.1 Å². The van der Waals surface area contributed by atoms with Crippen molar-refractivity contribution in [2.75, 3.05) is 33.2 Å². The third-order valence-electron chi connectivity index (χ3n) is 6.20. The van der Waals surface area contributed by atoms with Gasteiger partial charge in [0.2, 0.25) is 11.8 Å². The van der Waals surface area contributed by atoms with E-state index in [1.165, 1.54) is 4.88 Å². The fourth-order valence-electron chi connectivity index (χ4n) is 4.53. The zero-order valence-corrected chi connectivity index (χ0v) is 22.0. The Labute approximate surface area is 212 Å². The molecule has 9 heteroatoms. The highest BCUT2D eigenvalue weighted by molar-refractivity contribution is 7.09. The van der Waals surface area contributed by atoms with Crippen molar-refractivity contribution in [3.63, 3.8) is 0 Å². The van der Waals surface area contributed by atoms with Crippen molar-refractivity contribution in [2.24, 2.45) is 5.92 Å². The molecule has 2 fully saturated rings. The number of carbonyl (C=O) groups excluding carboxylic acids is 3. The summed E-state index contributed by atoms with van der Waals surface area (Å²) in [5.74, 6) is 0.0784. The minimum atomic E-state index is -0.570. The van der Waals surface area contributed by atoms with Crippen molar-refractivity contribution >= 4 is 29.2 Å². The molecule has 0 radical (unpaired) electrons. The topological polar surface area (TPSA) is 76.2 Å². The molecule has 0 aromatic carbocycles. The van der Waals surface area contributed by atoms with Crippen LogP contribution in [0.5, 0.6) is 0 Å². The van der Waals surface area contributed by atoms with E-state index < -0.39 is 12.2 Å². The SMILES string of the molecule is C=C/C=C\C=C(/C)CNC(=O)N1C2CN(CCc3cccs3)C(=O)[C@H](CC(C)C)N2C(=O)CN1C. The molecule has 2 atom stereocenters. The third kappa shape index (κ3) is 6.61. The number of carbonyl (C=O) groups is 3. The van der Waals surface area contributed by atoms with Gasteiger partial charge in [0.05, 0.1) is 13.1 Å². The van der Waals surface area contributed by atoms with Crippen molar-refractivity contribution in [1.29, 1.82) is 0 Å². The molecule has 1 N–H and O–H groups in total. The number of fused-ring (bicyclic) bond motifs is 1. The summed E-state index contributed by atoms with van der Waals surface area (Å²) in [5.41, 5.74) is 0.984. The number of hydrogen-bond donors (Lipinski definition) is 1. The first-order valence-corrected chi connectivity index (χ1v) is 13.0.